The Kier molecular flexibility index (Phi) is 7.35. The third kappa shape index (κ3) is 5.18. The van der Waals surface area contributed by atoms with Gasteiger partial charge >= 0.3 is 11.9 Å². The van der Waals surface area contributed by atoms with Gasteiger partial charge in [-0.05, 0) is 52.1 Å². The van der Waals surface area contributed by atoms with Gasteiger partial charge in [0.15, 0.2) is 0 Å². The summed E-state index contributed by atoms with van der Waals surface area (Å²) in [5.41, 5.74) is 7.45. The Balaban J connectivity index is 1.70. The van der Waals surface area contributed by atoms with Gasteiger partial charge in [-0.25, -0.2) is 13.2 Å². The first-order valence-corrected chi connectivity index (χ1v) is 14.2. The molecule has 0 saturated carbocycles. The molecule has 11 heteroatoms. The second kappa shape index (κ2) is 10.8. The van der Waals surface area contributed by atoms with Crippen LogP contribution in [-0.2, 0) is 32.3 Å². The number of nitrogen functional groups attached to an aromatic ring is 1. The first-order valence-electron chi connectivity index (χ1n) is 12.8. The second-order valence-electron chi connectivity index (χ2n) is 9.97. The molecule has 4 aromatic rings. The van der Waals surface area contributed by atoms with E-state index in [1.165, 1.54) is 18.2 Å². The Bertz CT molecular complexity index is 1790. The highest BCUT2D eigenvalue weighted by Crippen LogP contribution is 2.34. The van der Waals surface area contributed by atoms with Crippen molar-refractivity contribution in [3.05, 3.63) is 113 Å². The number of fused-ring (bicyclic) bond motifs is 2. The number of carbonyl (C=O) groups is 2. The number of carboxylic acids is 2. The third-order valence-electron chi connectivity index (χ3n) is 7.36. The largest absolute Gasteiger partial charge is 0.480 e. The van der Waals surface area contributed by atoms with Gasteiger partial charge in [0.25, 0.3) is 0 Å². The standard InChI is InChI=1S/C30H28N4O6S/c31-26(32)22-10-5-6-18(14-22)17-30(29(37)38,41(39,40)23-13-12-19-7-1-2-8-20(19)15-23)34-27-24-11-4-3-9-21(24)16-25(33-27)28(35)36/h1-15,25,27,33-34H,16-17H2,(H3,31,32)(H,35,36)(H,37,38)/t25?,27?,30-/m1/s1. The van der Waals surface area contributed by atoms with Crippen molar-refractivity contribution >= 4 is 38.4 Å². The molecule has 0 bridgehead atoms. The SMILES string of the molecule is N=C(N)c1cccc(C[C@](NC2NC(C(=O)O)Cc3ccccc32)(C(=O)O)S(=O)(=O)c2ccc3ccccc3c2)c1. The highest BCUT2D eigenvalue weighted by molar-refractivity contribution is 7.93. The number of rotatable bonds is 9. The minimum Gasteiger partial charge on any atom is -0.480 e. The van der Waals surface area contributed by atoms with E-state index in [4.69, 9.17) is 11.1 Å². The Hall–Kier alpha value is -4.58. The molecule has 0 saturated heterocycles. The van der Waals surface area contributed by atoms with Crippen molar-refractivity contribution in [2.75, 3.05) is 0 Å². The highest BCUT2D eigenvalue weighted by atomic mass is 32.2. The van der Waals surface area contributed by atoms with Gasteiger partial charge in [0.05, 0.1) is 11.1 Å². The summed E-state index contributed by atoms with van der Waals surface area (Å²) in [5, 5.41) is 35.5. The molecule has 1 heterocycles. The van der Waals surface area contributed by atoms with Crippen LogP contribution in [0.3, 0.4) is 0 Å². The van der Waals surface area contributed by atoms with E-state index in [0.29, 0.717) is 27.6 Å². The number of hydrogen-bond donors (Lipinski definition) is 6. The number of amidine groups is 1. The average molecular weight is 573 g/mol. The number of aliphatic carboxylic acids is 2. The van der Waals surface area contributed by atoms with E-state index in [2.05, 4.69) is 10.6 Å². The van der Waals surface area contributed by atoms with Crippen LogP contribution in [0.1, 0.15) is 28.4 Å². The number of sulfone groups is 1. The molecule has 1 aliphatic rings. The van der Waals surface area contributed by atoms with Crippen LogP contribution in [0.2, 0.25) is 0 Å². The van der Waals surface area contributed by atoms with Crippen molar-refractivity contribution in [2.24, 2.45) is 5.73 Å². The van der Waals surface area contributed by atoms with Gasteiger partial charge in [0.1, 0.15) is 11.9 Å². The summed E-state index contributed by atoms with van der Waals surface area (Å²) in [6.45, 7) is 0. The van der Waals surface area contributed by atoms with Gasteiger partial charge in [0, 0.05) is 12.0 Å². The predicted molar refractivity (Wildman–Crippen MR) is 153 cm³/mol. The Morgan fingerprint density at radius 1 is 0.951 bits per heavy atom. The first-order chi connectivity index (χ1) is 19.5. The fourth-order valence-corrected chi connectivity index (χ4v) is 7.02. The number of nitrogens with two attached hydrogens (primary N) is 1. The number of benzene rings is 4. The van der Waals surface area contributed by atoms with Gasteiger partial charge in [-0.15, -0.1) is 0 Å². The molecule has 1 aliphatic heterocycles. The molecule has 0 amide bonds. The lowest BCUT2D eigenvalue weighted by atomic mass is 9.92. The van der Waals surface area contributed by atoms with Crippen LogP contribution in [0.4, 0.5) is 0 Å². The Labute approximate surface area is 236 Å². The quantitative estimate of drug-likeness (QED) is 0.130. The Morgan fingerprint density at radius 3 is 2.37 bits per heavy atom. The minimum absolute atomic E-state index is 0.141. The van der Waals surface area contributed by atoms with E-state index in [1.807, 2.05) is 12.1 Å². The van der Waals surface area contributed by atoms with E-state index >= 15 is 0 Å². The fraction of sp³-hybridized carbons (Fsp3) is 0.167. The van der Waals surface area contributed by atoms with Crippen LogP contribution >= 0.6 is 0 Å². The molecule has 3 atom stereocenters. The van der Waals surface area contributed by atoms with Crippen molar-refractivity contribution in [2.45, 2.75) is 34.8 Å². The van der Waals surface area contributed by atoms with E-state index < -0.39 is 45.3 Å². The van der Waals surface area contributed by atoms with Crippen LogP contribution in [0.15, 0.2) is 95.9 Å². The maximum Gasteiger partial charge on any atom is 0.340 e. The van der Waals surface area contributed by atoms with E-state index in [-0.39, 0.29) is 17.2 Å². The monoisotopic (exact) mass is 572 g/mol. The van der Waals surface area contributed by atoms with Crippen LogP contribution in [-0.4, -0.2) is 47.3 Å². The summed E-state index contributed by atoms with van der Waals surface area (Å²) in [4.78, 5) is 22.4. The number of carboxylic acid groups (broad SMARTS) is 2. The summed E-state index contributed by atoms with van der Waals surface area (Å²) < 4.78 is 29.0. The minimum atomic E-state index is -4.71. The van der Waals surface area contributed by atoms with Gasteiger partial charge < -0.3 is 15.9 Å². The lowest BCUT2D eigenvalue weighted by molar-refractivity contribution is -0.141. The first kappa shape index (κ1) is 28.0. The summed E-state index contributed by atoms with van der Waals surface area (Å²) in [6.07, 6.45) is -1.54. The fourth-order valence-electron chi connectivity index (χ4n) is 5.23. The summed E-state index contributed by atoms with van der Waals surface area (Å²) in [5.74, 6) is -3.08. The summed E-state index contributed by atoms with van der Waals surface area (Å²) >= 11 is 0. The molecule has 2 unspecified atom stereocenters. The van der Waals surface area contributed by atoms with Crippen molar-refractivity contribution in [3.8, 4) is 0 Å². The third-order valence-corrected chi connectivity index (χ3v) is 9.59. The molecule has 0 aliphatic carbocycles. The average Bonchev–Trinajstić information content (AvgIpc) is 2.96. The maximum absolute atomic E-state index is 14.5. The topological polar surface area (TPSA) is 183 Å². The van der Waals surface area contributed by atoms with E-state index in [9.17, 15) is 28.2 Å². The lowest BCUT2D eigenvalue weighted by Gasteiger charge is -2.39. The number of nitrogens with one attached hydrogen (secondary N) is 3. The van der Waals surface area contributed by atoms with Gasteiger partial charge in [-0.3, -0.25) is 20.8 Å². The highest BCUT2D eigenvalue weighted by Gasteiger charge is 2.54. The molecule has 4 aromatic carbocycles. The van der Waals surface area contributed by atoms with Gasteiger partial charge in [-0.1, -0.05) is 72.8 Å². The molecular formula is C30H28N4O6S. The smallest absolute Gasteiger partial charge is 0.340 e. The molecule has 0 aromatic heterocycles. The van der Waals surface area contributed by atoms with Crippen LogP contribution in [0.25, 0.3) is 10.8 Å². The van der Waals surface area contributed by atoms with Crippen LogP contribution in [0, 0.1) is 5.41 Å². The maximum atomic E-state index is 14.5. The lowest BCUT2D eigenvalue weighted by Crippen LogP contribution is -2.64. The normalized spacial score (nSPS) is 18.2. The van der Waals surface area contributed by atoms with Crippen molar-refractivity contribution in [1.82, 2.24) is 10.6 Å². The zero-order valence-electron chi connectivity index (χ0n) is 21.7. The van der Waals surface area contributed by atoms with Crippen molar-refractivity contribution in [3.63, 3.8) is 0 Å². The molecule has 0 spiro atoms. The molecule has 7 N–H and O–H groups in total. The summed E-state index contributed by atoms with van der Waals surface area (Å²) in [6, 6.07) is 23.5. The molecule has 41 heavy (non-hydrogen) atoms. The van der Waals surface area contributed by atoms with E-state index in [0.717, 1.165) is 5.39 Å². The number of hydrogen-bond acceptors (Lipinski definition) is 7. The van der Waals surface area contributed by atoms with Gasteiger partial charge in [0.2, 0.25) is 14.7 Å². The molecule has 10 nitrogen and oxygen atoms in total. The van der Waals surface area contributed by atoms with Crippen molar-refractivity contribution in [1.29, 1.82) is 5.41 Å². The zero-order chi connectivity index (χ0) is 29.4. The van der Waals surface area contributed by atoms with E-state index in [1.54, 1.807) is 60.7 Å². The van der Waals surface area contributed by atoms with Crippen LogP contribution in [0.5, 0.6) is 0 Å². The van der Waals surface area contributed by atoms with Gasteiger partial charge in [-0.2, -0.15) is 0 Å². The van der Waals surface area contributed by atoms with Crippen LogP contribution < -0.4 is 16.4 Å². The molecule has 0 fully saturated rings. The van der Waals surface area contributed by atoms with Crippen molar-refractivity contribution < 1.29 is 28.2 Å². The Morgan fingerprint density at radius 2 is 1.66 bits per heavy atom. The zero-order valence-corrected chi connectivity index (χ0v) is 22.6. The summed E-state index contributed by atoms with van der Waals surface area (Å²) in [7, 11) is -4.71. The molecular weight excluding hydrogens is 544 g/mol. The predicted octanol–water partition coefficient (Wildman–Crippen LogP) is 2.81. The second-order valence-corrected chi connectivity index (χ2v) is 12.1. The molecule has 0 radical (unpaired) electrons. The molecule has 210 valence electrons. The molecule has 5 rings (SSSR count).